The van der Waals surface area contributed by atoms with Gasteiger partial charge in [-0.1, -0.05) is 24.3 Å². The highest BCUT2D eigenvalue weighted by atomic mass is 19.1. The van der Waals surface area contributed by atoms with Gasteiger partial charge in [-0.15, -0.1) is 0 Å². The molecule has 2 aromatic carbocycles. The van der Waals surface area contributed by atoms with Crippen molar-refractivity contribution in [2.24, 2.45) is 0 Å². The van der Waals surface area contributed by atoms with E-state index in [2.05, 4.69) is 5.32 Å². The SMILES string of the molecule is COc1cccc(CN(C(=O)Cc2ccc(F)cc2)[C@H](C)C(=O)NC(C)(C)C)c1. The summed E-state index contributed by atoms with van der Waals surface area (Å²) in [5.41, 5.74) is 1.13. The average Bonchev–Trinajstić information content (AvgIpc) is 2.66. The fraction of sp³-hybridized carbons (Fsp3) is 0.391. The first-order valence-corrected chi connectivity index (χ1v) is 9.58. The van der Waals surface area contributed by atoms with Gasteiger partial charge in [0.2, 0.25) is 11.8 Å². The van der Waals surface area contributed by atoms with Crippen molar-refractivity contribution in [3.8, 4) is 5.75 Å². The molecule has 0 fully saturated rings. The highest BCUT2D eigenvalue weighted by Gasteiger charge is 2.28. The Labute approximate surface area is 171 Å². The normalized spacial score (nSPS) is 12.2. The lowest BCUT2D eigenvalue weighted by Gasteiger charge is -2.31. The number of rotatable bonds is 7. The lowest BCUT2D eigenvalue weighted by atomic mass is 10.1. The Hall–Kier alpha value is -2.89. The molecule has 5 nitrogen and oxygen atoms in total. The molecule has 1 N–H and O–H groups in total. The highest BCUT2D eigenvalue weighted by molar-refractivity contribution is 5.88. The Bertz CT molecular complexity index is 844. The van der Waals surface area contributed by atoms with Crippen molar-refractivity contribution in [1.29, 1.82) is 0 Å². The topological polar surface area (TPSA) is 58.6 Å². The number of benzene rings is 2. The molecule has 0 aromatic heterocycles. The second-order valence-corrected chi connectivity index (χ2v) is 8.09. The standard InChI is InChI=1S/C23H29FN2O3/c1-16(22(28)25-23(2,3)4)26(15-18-7-6-8-20(13-18)29-5)21(27)14-17-9-11-19(24)12-10-17/h6-13,16H,14-15H2,1-5H3,(H,25,28)/t16-/m1/s1. The maximum Gasteiger partial charge on any atom is 0.242 e. The zero-order chi connectivity index (χ0) is 21.6. The van der Waals surface area contributed by atoms with Crippen LogP contribution in [0.1, 0.15) is 38.8 Å². The fourth-order valence-electron chi connectivity index (χ4n) is 2.90. The van der Waals surface area contributed by atoms with Crippen LogP contribution >= 0.6 is 0 Å². The zero-order valence-corrected chi connectivity index (χ0v) is 17.7. The van der Waals surface area contributed by atoms with Gasteiger partial charge < -0.3 is 15.0 Å². The lowest BCUT2D eigenvalue weighted by Crippen LogP contribution is -2.52. The van der Waals surface area contributed by atoms with Crippen molar-refractivity contribution in [2.45, 2.75) is 52.2 Å². The number of ether oxygens (including phenoxy) is 1. The third kappa shape index (κ3) is 6.89. The Balaban J connectivity index is 2.26. The minimum atomic E-state index is -0.673. The van der Waals surface area contributed by atoms with Crippen molar-refractivity contribution in [1.82, 2.24) is 10.2 Å². The molecule has 6 heteroatoms. The minimum Gasteiger partial charge on any atom is -0.497 e. The molecular formula is C23H29FN2O3. The van der Waals surface area contributed by atoms with E-state index in [9.17, 15) is 14.0 Å². The first-order valence-electron chi connectivity index (χ1n) is 9.58. The Morgan fingerprint density at radius 3 is 2.34 bits per heavy atom. The van der Waals surface area contributed by atoms with Gasteiger partial charge in [-0.25, -0.2) is 4.39 Å². The second-order valence-electron chi connectivity index (χ2n) is 8.09. The third-order valence-corrected chi connectivity index (χ3v) is 4.42. The van der Waals surface area contributed by atoms with E-state index >= 15 is 0 Å². The molecule has 0 heterocycles. The summed E-state index contributed by atoms with van der Waals surface area (Å²) in [7, 11) is 1.58. The number of hydrogen-bond donors (Lipinski definition) is 1. The Kier molecular flexibility index (Phi) is 7.37. The number of carbonyl (C=O) groups is 2. The number of nitrogens with one attached hydrogen (secondary N) is 1. The van der Waals surface area contributed by atoms with Crippen molar-refractivity contribution < 1.29 is 18.7 Å². The summed E-state index contributed by atoms with van der Waals surface area (Å²) >= 11 is 0. The van der Waals surface area contributed by atoms with Gasteiger partial charge in [0.05, 0.1) is 13.5 Å². The van der Waals surface area contributed by atoms with E-state index in [4.69, 9.17) is 4.74 Å². The van der Waals surface area contributed by atoms with E-state index in [-0.39, 0.29) is 30.6 Å². The van der Waals surface area contributed by atoms with Gasteiger partial charge in [0, 0.05) is 12.1 Å². The maximum absolute atomic E-state index is 13.2. The molecule has 156 valence electrons. The largest absolute Gasteiger partial charge is 0.497 e. The highest BCUT2D eigenvalue weighted by Crippen LogP contribution is 2.18. The number of methoxy groups -OCH3 is 1. The van der Waals surface area contributed by atoms with E-state index in [1.165, 1.54) is 12.1 Å². The summed E-state index contributed by atoms with van der Waals surface area (Å²) in [4.78, 5) is 27.4. The maximum atomic E-state index is 13.2. The van der Waals surface area contributed by atoms with Crippen LogP contribution in [0, 0.1) is 5.82 Å². The second kappa shape index (κ2) is 9.54. The summed E-state index contributed by atoms with van der Waals surface area (Å²) in [6, 6.07) is 12.5. The molecular weight excluding hydrogens is 371 g/mol. The number of halogens is 1. The molecule has 0 spiro atoms. The van der Waals surface area contributed by atoms with Crippen molar-refractivity contribution in [3.63, 3.8) is 0 Å². The van der Waals surface area contributed by atoms with Crippen LogP contribution in [0.5, 0.6) is 5.75 Å². The van der Waals surface area contributed by atoms with Gasteiger partial charge >= 0.3 is 0 Å². The van der Waals surface area contributed by atoms with E-state index in [1.54, 1.807) is 31.1 Å². The summed E-state index contributed by atoms with van der Waals surface area (Å²) in [6.45, 7) is 7.65. The quantitative estimate of drug-likeness (QED) is 0.771. The van der Waals surface area contributed by atoms with Crippen LogP contribution in [0.15, 0.2) is 48.5 Å². The first kappa shape index (κ1) is 22.4. The fourth-order valence-corrected chi connectivity index (χ4v) is 2.90. The van der Waals surface area contributed by atoms with Crippen LogP contribution < -0.4 is 10.1 Å². The summed E-state index contributed by atoms with van der Waals surface area (Å²) in [6.07, 6.45) is 0.0807. The van der Waals surface area contributed by atoms with Gasteiger partial charge in [-0.2, -0.15) is 0 Å². The molecule has 1 atom stereocenters. The van der Waals surface area contributed by atoms with E-state index in [0.29, 0.717) is 11.3 Å². The monoisotopic (exact) mass is 400 g/mol. The van der Waals surface area contributed by atoms with Crippen LogP contribution in [-0.2, 0) is 22.6 Å². The van der Waals surface area contributed by atoms with Crippen molar-refractivity contribution in [2.75, 3.05) is 7.11 Å². The van der Waals surface area contributed by atoms with E-state index in [1.807, 2.05) is 45.0 Å². The van der Waals surface area contributed by atoms with Crippen molar-refractivity contribution in [3.05, 3.63) is 65.5 Å². The van der Waals surface area contributed by atoms with Crippen LogP contribution in [-0.4, -0.2) is 35.4 Å². The molecule has 0 aliphatic heterocycles. The predicted molar refractivity (Wildman–Crippen MR) is 111 cm³/mol. The van der Waals surface area contributed by atoms with Gasteiger partial charge in [-0.3, -0.25) is 9.59 Å². The molecule has 2 amide bonds. The number of amides is 2. The summed E-state index contributed by atoms with van der Waals surface area (Å²) < 4.78 is 18.4. The Morgan fingerprint density at radius 1 is 1.10 bits per heavy atom. The van der Waals surface area contributed by atoms with E-state index < -0.39 is 11.6 Å². The molecule has 0 aliphatic carbocycles. The number of carbonyl (C=O) groups excluding carboxylic acids is 2. The third-order valence-electron chi connectivity index (χ3n) is 4.42. The van der Waals surface area contributed by atoms with Crippen molar-refractivity contribution >= 4 is 11.8 Å². The smallest absolute Gasteiger partial charge is 0.242 e. The van der Waals surface area contributed by atoms with Crippen LogP contribution in [0.2, 0.25) is 0 Å². The van der Waals surface area contributed by atoms with E-state index in [0.717, 1.165) is 5.56 Å². The zero-order valence-electron chi connectivity index (χ0n) is 17.7. The molecule has 2 aromatic rings. The average molecular weight is 400 g/mol. The summed E-state index contributed by atoms with van der Waals surface area (Å²) in [5.74, 6) is -0.114. The molecule has 0 unspecified atom stereocenters. The number of nitrogens with zero attached hydrogens (tertiary/aromatic N) is 1. The molecule has 0 saturated carbocycles. The van der Waals surface area contributed by atoms with Gasteiger partial charge in [0.15, 0.2) is 0 Å². The molecule has 29 heavy (non-hydrogen) atoms. The Morgan fingerprint density at radius 2 is 1.76 bits per heavy atom. The molecule has 0 aliphatic rings. The minimum absolute atomic E-state index is 0.0807. The van der Waals surface area contributed by atoms with Crippen LogP contribution in [0.25, 0.3) is 0 Å². The molecule has 0 bridgehead atoms. The van der Waals surface area contributed by atoms with Crippen LogP contribution in [0.3, 0.4) is 0 Å². The molecule has 2 rings (SSSR count). The molecule has 0 saturated heterocycles. The first-order chi connectivity index (χ1) is 13.6. The van der Waals surface area contributed by atoms with Gasteiger partial charge in [-0.05, 0) is 63.1 Å². The van der Waals surface area contributed by atoms with Gasteiger partial charge in [0.1, 0.15) is 17.6 Å². The summed E-state index contributed by atoms with van der Waals surface area (Å²) in [5, 5.41) is 2.93. The molecule has 0 radical (unpaired) electrons. The predicted octanol–water partition coefficient (Wildman–Crippen LogP) is 3.71. The number of hydrogen-bond acceptors (Lipinski definition) is 3. The van der Waals surface area contributed by atoms with Crippen LogP contribution in [0.4, 0.5) is 4.39 Å². The van der Waals surface area contributed by atoms with Gasteiger partial charge in [0.25, 0.3) is 0 Å². The lowest BCUT2D eigenvalue weighted by molar-refractivity contribution is -0.140.